The highest BCUT2D eigenvalue weighted by molar-refractivity contribution is 5.90. The van der Waals surface area contributed by atoms with Crippen LogP contribution in [0.3, 0.4) is 0 Å². The maximum Gasteiger partial charge on any atom is 0.411 e. The third-order valence-corrected chi connectivity index (χ3v) is 6.16. The van der Waals surface area contributed by atoms with E-state index in [0.717, 1.165) is 31.2 Å². The van der Waals surface area contributed by atoms with Crippen molar-refractivity contribution in [2.75, 3.05) is 26.2 Å². The number of allylic oxidation sites excluding steroid dienone is 1. The van der Waals surface area contributed by atoms with E-state index >= 15 is 0 Å². The summed E-state index contributed by atoms with van der Waals surface area (Å²) in [6.45, 7) is 3.83. The average molecular weight is 457 g/mol. The number of nitrogens with zero attached hydrogens (tertiary/aromatic N) is 3. The molecule has 2 aliphatic heterocycles. The number of rotatable bonds is 10. The van der Waals surface area contributed by atoms with Crippen molar-refractivity contribution in [3.63, 3.8) is 0 Å². The number of benzene rings is 1. The molecule has 8 nitrogen and oxygen atoms in total. The number of ether oxygens (including phenoxy) is 1. The fourth-order valence-electron chi connectivity index (χ4n) is 4.45. The van der Waals surface area contributed by atoms with E-state index < -0.39 is 18.3 Å². The molecule has 33 heavy (non-hydrogen) atoms. The summed E-state index contributed by atoms with van der Waals surface area (Å²) in [6, 6.07) is 9.17. The second-order valence-electron chi connectivity index (χ2n) is 8.57. The van der Waals surface area contributed by atoms with E-state index in [1.807, 2.05) is 42.5 Å². The molecule has 2 aliphatic rings. The standard InChI is InChI=1S/C25H36N4O4/c1-2-3-4-10-17-33-25(32)28-16-14-23(30)29-21(13-8-9-15-26)24(31)27(19-22(28)29)18-20-11-6-5-7-12-20/h4-7,10-12,21-22H,2-3,8-9,13-19,26H2,1H3. The van der Waals surface area contributed by atoms with E-state index in [1.165, 1.54) is 0 Å². The molecule has 2 saturated heterocycles. The molecule has 0 saturated carbocycles. The van der Waals surface area contributed by atoms with E-state index in [9.17, 15) is 14.4 Å². The van der Waals surface area contributed by atoms with E-state index in [1.54, 1.807) is 14.7 Å². The molecule has 2 atom stereocenters. The van der Waals surface area contributed by atoms with Crippen LogP contribution in [-0.4, -0.2) is 71.1 Å². The van der Waals surface area contributed by atoms with Crippen molar-refractivity contribution in [3.8, 4) is 0 Å². The molecule has 180 valence electrons. The zero-order chi connectivity index (χ0) is 23.6. The summed E-state index contributed by atoms with van der Waals surface area (Å²) in [5.41, 5.74) is 6.67. The highest BCUT2D eigenvalue weighted by atomic mass is 16.6. The molecule has 3 amide bonds. The lowest BCUT2D eigenvalue weighted by molar-refractivity contribution is -0.168. The quantitative estimate of drug-likeness (QED) is 0.431. The van der Waals surface area contributed by atoms with Crippen LogP contribution in [0.15, 0.2) is 42.5 Å². The largest absolute Gasteiger partial charge is 0.445 e. The minimum Gasteiger partial charge on any atom is -0.445 e. The summed E-state index contributed by atoms with van der Waals surface area (Å²) in [7, 11) is 0. The van der Waals surface area contributed by atoms with Crippen LogP contribution in [0.1, 0.15) is 51.0 Å². The van der Waals surface area contributed by atoms with Crippen LogP contribution < -0.4 is 5.73 Å². The van der Waals surface area contributed by atoms with Gasteiger partial charge in [0.1, 0.15) is 18.8 Å². The molecule has 3 rings (SSSR count). The lowest BCUT2D eigenvalue weighted by atomic mass is 9.98. The summed E-state index contributed by atoms with van der Waals surface area (Å²) in [4.78, 5) is 44.3. The number of piperazine rings is 1. The van der Waals surface area contributed by atoms with Gasteiger partial charge in [-0.3, -0.25) is 14.5 Å². The average Bonchev–Trinajstić information content (AvgIpc) is 2.82. The Morgan fingerprint density at radius 3 is 2.70 bits per heavy atom. The monoisotopic (exact) mass is 456 g/mol. The molecule has 1 aromatic rings. The topological polar surface area (TPSA) is 96.2 Å². The number of carbonyl (C=O) groups excluding carboxylic acids is 3. The van der Waals surface area contributed by atoms with Crippen molar-refractivity contribution in [3.05, 3.63) is 48.0 Å². The SMILES string of the molecule is CCCC=CCOC(=O)N1CCC(=O)N2C(CCCCN)C(=O)N(Cc3ccccc3)CC12. The minimum atomic E-state index is -0.591. The normalized spacial score (nSPS) is 21.0. The van der Waals surface area contributed by atoms with Crippen LogP contribution in [0.5, 0.6) is 0 Å². The number of unbranched alkanes of at least 4 members (excludes halogenated alkanes) is 2. The Kier molecular flexibility index (Phi) is 9.30. The van der Waals surface area contributed by atoms with Crippen molar-refractivity contribution < 1.29 is 19.1 Å². The smallest absolute Gasteiger partial charge is 0.411 e. The molecule has 2 heterocycles. The third-order valence-electron chi connectivity index (χ3n) is 6.16. The first kappa shape index (κ1) is 24.8. The summed E-state index contributed by atoms with van der Waals surface area (Å²) in [6.07, 6.45) is 7.09. The van der Waals surface area contributed by atoms with Gasteiger partial charge in [0.05, 0.1) is 6.54 Å². The van der Waals surface area contributed by atoms with Crippen molar-refractivity contribution in [2.45, 2.75) is 64.2 Å². The van der Waals surface area contributed by atoms with Gasteiger partial charge in [-0.15, -0.1) is 0 Å². The number of hydrogen-bond donors (Lipinski definition) is 1. The Bertz CT molecular complexity index is 829. The van der Waals surface area contributed by atoms with E-state index in [0.29, 0.717) is 26.1 Å². The van der Waals surface area contributed by atoms with Gasteiger partial charge in [0.2, 0.25) is 11.8 Å². The van der Waals surface area contributed by atoms with Crippen LogP contribution in [0, 0.1) is 0 Å². The number of carbonyl (C=O) groups is 3. The molecule has 8 heteroatoms. The molecular formula is C25H36N4O4. The Hall–Kier alpha value is -2.87. The summed E-state index contributed by atoms with van der Waals surface area (Å²) >= 11 is 0. The van der Waals surface area contributed by atoms with Crippen LogP contribution in [0.4, 0.5) is 4.79 Å². The molecular weight excluding hydrogens is 420 g/mol. The third kappa shape index (κ3) is 6.35. The first-order valence-corrected chi connectivity index (χ1v) is 12.0. The molecule has 0 aromatic heterocycles. The van der Waals surface area contributed by atoms with Gasteiger partial charge in [-0.25, -0.2) is 4.79 Å². The minimum absolute atomic E-state index is 0.0711. The van der Waals surface area contributed by atoms with Crippen molar-refractivity contribution in [2.24, 2.45) is 5.73 Å². The summed E-state index contributed by atoms with van der Waals surface area (Å²) in [5.74, 6) is -0.157. The second-order valence-corrected chi connectivity index (χ2v) is 8.57. The van der Waals surface area contributed by atoms with Gasteiger partial charge in [0, 0.05) is 19.5 Å². The highest BCUT2D eigenvalue weighted by Gasteiger charge is 2.48. The summed E-state index contributed by atoms with van der Waals surface area (Å²) < 4.78 is 5.47. The molecule has 0 spiro atoms. The van der Waals surface area contributed by atoms with Crippen LogP contribution in [0.2, 0.25) is 0 Å². The predicted octanol–water partition coefficient (Wildman–Crippen LogP) is 2.88. The maximum absolute atomic E-state index is 13.4. The molecule has 0 aliphatic carbocycles. The van der Waals surface area contributed by atoms with E-state index in [-0.39, 0.29) is 31.4 Å². The predicted molar refractivity (Wildman–Crippen MR) is 126 cm³/mol. The van der Waals surface area contributed by atoms with Crippen LogP contribution >= 0.6 is 0 Å². The van der Waals surface area contributed by atoms with Gasteiger partial charge in [0.15, 0.2) is 0 Å². The zero-order valence-corrected chi connectivity index (χ0v) is 19.5. The van der Waals surface area contributed by atoms with Gasteiger partial charge in [-0.05, 0) is 37.8 Å². The fraction of sp³-hybridized carbons (Fsp3) is 0.560. The molecule has 2 N–H and O–H groups in total. The number of hydrogen-bond acceptors (Lipinski definition) is 5. The lowest BCUT2D eigenvalue weighted by Gasteiger charge is -2.51. The first-order valence-electron chi connectivity index (χ1n) is 12.0. The molecule has 2 unspecified atom stereocenters. The van der Waals surface area contributed by atoms with Crippen molar-refractivity contribution in [1.82, 2.24) is 14.7 Å². The Balaban J connectivity index is 1.79. The Labute approximate surface area is 196 Å². The van der Waals surface area contributed by atoms with Gasteiger partial charge >= 0.3 is 6.09 Å². The Morgan fingerprint density at radius 1 is 1.18 bits per heavy atom. The van der Waals surface area contributed by atoms with Gasteiger partial charge in [0.25, 0.3) is 0 Å². The van der Waals surface area contributed by atoms with Gasteiger partial charge in [-0.1, -0.05) is 55.8 Å². The summed E-state index contributed by atoms with van der Waals surface area (Å²) in [5, 5.41) is 0. The van der Waals surface area contributed by atoms with E-state index in [4.69, 9.17) is 10.5 Å². The van der Waals surface area contributed by atoms with Crippen molar-refractivity contribution in [1.29, 1.82) is 0 Å². The fourth-order valence-corrected chi connectivity index (χ4v) is 4.45. The number of amides is 3. The van der Waals surface area contributed by atoms with Crippen molar-refractivity contribution >= 4 is 17.9 Å². The zero-order valence-electron chi connectivity index (χ0n) is 19.5. The van der Waals surface area contributed by atoms with Crippen LogP contribution in [-0.2, 0) is 20.9 Å². The van der Waals surface area contributed by atoms with Crippen LogP contribution in [0.25, 0.3) is 0 Å². The second kappa shape index (κ2) is 12.4. The Morgan fingerprint density at radius 2 is 1.97 bits per heavy atom. The first-order chi connectivity index (χ1) is 16.1. The molecule has 1 aromatic carbocycles. The molecule has 0 bridgehead atoms. The maximum atomic E-state index is 13.4. The van der Waals surface area contributed by atoms with E-state index in [2.05, 4.69) is 6.92 Å². The van der Waals surface area contributed by atoms with Gasteiger partial charge in [-0.2, -0.15) is 0 Å². The lowest BCUT2D eigenvalue weighted by Crippen LogP contribution is -2.71. The number of fused-ring (bicyclic) bond motifs is 1. The highest BCUT2D eigenvalue weighted by Crippen LogP contribution is 2.29. The number of nitrogens with two attached hydrogens (primary N) is 1. The molecule has 2 fully saturated rings. The van der Waals surface area contributed by atoms with Gasteiger partial charge < -0.3 is 20.3 Å². The molecule has 0 radical (unpaired) electrons.